The SMILES string of the molecule is COc1ccc(C(C#N)(O[Si](C)(C)C)C(OCc2ccccc2)OCc2ccccc2)cc1OC. The van der Waals surface area contributed by atoms with Gasteiger partial charge in [-0.2, -0.15) is 5.26 Å². The molecule has 3 rings (SSSR count). The Morgan fingerprint density at radius 3 is 1.71 bits per heavy atom. The van der Waals surface area contributed by atoms with Crippen LogP contribution in [0.3, 0.4) is 0 Å². The van der Waals surface area contributed by atoms with Crippen LogP contribution in [0.15, 0.2) is 78.9 Å². The van der Waals surface area contributed by atoms with Gasteiger partial charge in [0.15, 0.2) is 19.8 Å². The van der Waals surface area contributed by atoms with Crippen molar-refractivity contribution in [2.45, 2.75) is 44.7 Å². The van der Waals surface area contributed by atoms with Gasteiger partial charge in [0.25, 0.3) is 0 Å². The monoisotopic (exact) mass is 491 g/mol. The second-order valence-corrected chi connectivity index (χ2v) is 13.5. The lowest BCUT2D eigenvalue weighted by atomic mass is 9.94. The van der Waals surface area contributed by atoms with Gasteiger partial charge in [0, 0.05) is 5.56 Å². The van der Waals surface area contributed by atoms with Gasteiger partial charge in [-0.1, -0.05) is 66.7 Å². The van der Waals surface area contributed by atoms with Crippen molar-refractivity contribution in [1.82, 2.24) is 0 Å². The first kappa shape index (κ1) is 26.5. The van der Waals surface area contributed by atoms with E-state index in [1.807, 2.05) is 80.3 Å². The van der Waals surface area contributed by atoms with Crippen LogP contribution in [0.5, 0.6) is 11.5 Å². The number of methoxy groups -OCH3 is 2. The van der Waals surface area contributed by atoms with Crippen molar-refractivity contribution in [2.75, 3.05) is 14.2 Å². The van der Waals surface area contributed by atoms with E-state index in [9.17, 15) is 5.26 Å². The number of benzene rings is 3. The Morgan fingerprint density at radius 1 is 0.771 bits per heavy atom. The third kappa shape index (κ3) is 6.93. The van der Waals surface area contributed by atoms with Crippen LogP contribution in [0, 0.1) is 11.3 Å². The highest BCUT2D eigenvalue weighted by atomic mass is 28.4. The van der Waals surface area contributed by atoms with E-state index >= 15 is 0 Å². The van der Waals surface area contributed by atoms with Crippen molar-refractivity contribution >= 4 is 8.32 Å². The molecule has 0 aliphatic rings. The summed E-state index contributed by atoms with van der Waals surface area (Å²) in [6, 6.07) is 27.3. The van der Waals surface area contributed by atoms with Gasteiger partial charge >= 0.3 is 0 Å². The quantitative estimate of drug-likeness (QED) is 0.227. The smallest absolute Gasteiger partial charge is 0.222 e. The third-order valence-electron chi connectivity index (χ3n) is 5.27. The minimum Gasteiger partial charge on any atom is -0.493 e. The summed E-state index contributed by atoms with van der Waals surface area (Å²) in [4.78, 5) is 0. The fourth-order valence-electron chi connectivity index (χ4n) is 3.71. The number of ether oxygens (including phenoxy) is 4. The average molecular weight is 492 g/mol. The zero-order valence-electron chi connectivity index (χ0n) is 21.0. The predicted molar refractivity (Wildman–Crippen MR) is 138 cm³/mol. The molecule has 0 N–H and O–H groups in total. The first-order valence-corrected chi connectivity index (χ1v) is 14.9. The van der Waals surface area contributed by atoms with Gasteiger partial charge < -0.3 is 23.4 Å². The number of nitrogens with zero attached hydrogens (tertiary/aromatic N) is 1. The Bertz CT molecular complexity index is 1070. The highest BCUT2D eigenvalue weighted by molar-refractivity contribution is 6.69. The van der Waals surface area contributed by atoms with Crippen LogP contribution in [-0.4, -0.2) is 28.8 Å². The highest BCUT2D eigenvalue weighted by Crippen LogP contribution is 2.40. The topological polar surface area (TPSA) is 69.9 Å². The van der Waals surface area contributed by atoms with Crippen molar-refractivity contribution in [2.24, 2.45) is 0 Å². The van der Waals surface area contributed by atoms with E-state index in [2.05, 4.69) is 6.07 Å². The fourth-order valence-corrected chi connectivity index (χ4v) is 4.93. The number of hydrogen-bond donors (Lipinski definition) is 0. The fraction of sp³-hybridized carbons (Fsp3) is 0.321. The minimum absolute atomic E-state index is 0.256. The molecular formula is C28H33NO5Si. The van der Waals surface area contributed by atoms with E-state index in [0.29, 0.717) is 17.1 Å². The molecule has 0 saturated carbocycles. The van der Waals surface area contributed by atoms with Gasteiger partial charge in [-0.15, -0.1) is 0 Å². The Hall–Kier alpha value is -3.15. The molecular weight excluding hydrogens is 458 g/mol. The molecule has 1 atom stereocenters. The maximum atomic E-state index is 10.7. The molecule has 3 aromatic rings. The van der Waals surface area contributed by atoms with Crippen LogP contribution >= 0.6 is 0 Å². The summed E-state index contributed by atoms with van der Waals surface area (Å²) in [5.74, 6) is 1.05. The van der Waals surface area contributed by atoms with Crippen molar-refractivity contribution in [1.29, 1.82) is 5.26 Å². The van der Waals surface area contributed by atoms with Gasteiger partial charge in [0.1, 0.15) is 6.07 Å². The standard InChI is InChI=1S/C28H33NO5Si/c1-30-25-17-16-24(18-26(25)31-2)28(21-29,34-35(3,4)5)27(32-19-22-12-8-6-9-13-22)33-20-23-14-10-7-11-15-23/h6-18,27H,19-20H2,1-5H3. The van der Waals surface area contributed by atoms with Crippen molar-refractivity contribution in [3.63, 3.8) is 0 Å². The lowest BCUT2D eigenvalue weighted by Gasteiger charge is -2.39. The molecule has 3 aromatic carbocycles. The third-order valence-corrected chi connectivity index (χ3v) is 6.20. The van der Waals surface area contributed by atoms with E-state index in [1.54, 1.807) is 32.4 Å². The van der Waals surface area contributed by atoms with Crippen LogP contribution in [0.4, 0.5) is 0 Å². The van der Waals surface area contributed by atoms with E-state index in [-0.39, 0.29) is 13.2 Å². The molecule has 0 saturated heterocycles. The van der Waals surface area contributed by atoms with E-state index in [4.69, 9.17) is 23.4 Å². The van der Waals surface area contributed by atoms with Crippen LogP contribution in [0.2, 0.25) is 19.6 Å². The summed E-state index contributed by atoms with van der Waals surface area (Å²) in [5, 5.41) is 10.7. The molecule has 0 bridgehead atoms. The molecule has 0 heterocycles. The Balaban J connectivity index is 2.07. The van der Waals surface area contributed by atoms with Crippen LogP contribution in [0.25, 0.3) is 0 Å². The zero-order valence-corrected chi connectivity index (χ0v) is 22.0. The van der Waals surface area contributed by atoms with Crippen LogP contribution < -0.4 is 9.47 Å². The normalized spacial score (nSPS) is 13.2. The Morgan fingerprint density at radius 2 is 1.29 bits per heavy atom. The van der Waals surface area contributed by atoms with Gasteiger partial charge in [0.05, 0.1) is 27.4 Å². The first-order valence-electron chi connectivity index (χ1n) is 11.5. The van der Waals surface area contributed by atoms with Crippen molar-refractivity contribution in [3.05, 3.63) is 95.6 Å². The summed E-state index contributed by atoms with van der Waals surface area (Å²) in [6.07, 6.45) is -1.02. The maximum absolute atomic E-state index is 10.7. The lowest BCUT2D eigenvalue weighted by Crippen LogP contribution is -2.50. The molecule has 0 aromatic heterocycles. The Kier molecular flexibility index (Phi) is 9.07. The van der Waals surface area contributed by atoms with E-state index in [0.717, 1.165) is 11.1 Å². The summed E-state index contributed by atoms with van der Waals surface area (Å²) < 4.78 is 30.2. The van der Waals surface area contributed by atoms with Crippen molar-refractivity contribution in [3.8, 4) is 17.6 Å². The largest absolute Gasteiger partial charge is 0.493 e. The number of hydrogen-bond acceptors (Lipinski definition) is 6. The van der Waals surface area contributed by atoms with Gasteiger partial charge in [-0.05, 0) is 42.9 Å². The molecule has 7 heteroatoms. The van der Waals surface area contributed by atoms with E-state index in [1.165, 1.54) is 0 Å². The minimum atomic E-state index is -2.28. The van der Waals surface area contributed by atoms with Gasteiger partial charge in [0.2, 0.25) is 11.9 Å². The predicted octanol–water partition coefficient (Wildman–Crippen LogP) is 6.03. The second kappa shape index (κ2) is 12.0. The molecule has 0 spiro atoms. The highest BCUT2D eigenvalue weighted by Gasteiger charge is 2.48. The molecule has 0 fully saturated rings. The molecule has 0 aliphatic heterocycles. The van der Waals surface area contributed by atoms with E-state index < -0.39 is 20.2 Å². The summed E-state index contributed by atoms with van der Waals surface area (Å²) in [6.45, 7) is 6.61. The maximum Gasteiger partial charge on any atom is 0.222 e. The molecule has 0 aliphatic carbocycles. The van der Waals surface area contributed by atoms with Crippen molar-refractivity contribution < 1.29 is 23.4 Å². The Labute approximate surface area is 209 Å². The molecule has 35 heavy (non-hydrogen) atoms. The summed E-state index contributed by atoms with van der Waals surface area (Å²) in [5.41, 5.74) is 0.972. The molecule has 184 valence electrons. The molecule has 1 unspecified atom stereocenters. The second-order valence-electron chi connectivity index (χ2n) is 9.06. The lowest BCUT2D eigenvalue weighted by molar-refractivity contribution is -0.228. The number of rotatable bonds is 12. The average Bonchev–Trinajstić information content (AvgIpc) is 2.87. The van der Waals surface area contributed by atoms with Gasteiger partial charge in [-0.3, -0.25) is 0 Å². The van der Waals surface area contributed by atoms with Crippen LogP contribution in [-0.2, 0) is 32.7 Å². The molecule has 6 nitrogen and oxygen atoms in total. The molecule has 0 amide bonds. The van der Waals surface area contributed by atoms with Gasteiger partial charge in [-0.25, -0.2) is 0 Å². The molecule has 0 radical (unpaired) electrons. The summed E-state index contributed by atoms with van der Waals surface area (Å²) >= 11 is 0. The number of nitriles is 1. The summed E-state index contributed by atoms with van der Waals surface area (Å²) in [7, 11) is 0.852. The first-order chi connectivity index (χ1) is 16.8. The van der Waals surface area contributed by atoms with Crippen LogP contribution in [0.1, 0.15) is 16.7 Å². The zero-order chi connectivity index (χ0) is 25.3.